The van der Waals surface area contributed by atoms with E-state index in [4.69, 9.17) is 4.52 Å². The fourth-order valence-electron chi connectivity index (χ4n) is 10.5. The summed E-state index contributed by atoms with van der Waals surface area (Å²) < 4.78 is 21.4. The molecule has 2 aromatic rings. The molecule has 3 fully saturated rings. The topological polar surface area (TPSA) is 26.3 Å². The Kier molecular flexibility index (Phi) is 8.72. The standard InChI is InChI=1S/C39H55O2P/c1-28(2)13-12-14-29(3)35-21-22-36-34-20-19-30-27-31(23-25-38(30,4)37(34)24-26-39(35,36)5)41-42(40,32-15-8-6-9-16-32)33-17-10-7-11-18-33/h6-11,15-19,28-29,31,34-37H,12-14,20-27H2,1-5H3/t29-,31+,34-,35+,36-,37-,38+,39-/m1/s1. The number of fused-ring (bicyclic) bond motifs is 5. The van der Waals surface area contributed by atoms with Gasteiger partial charge in [0.2, 0.25) is 0 Å². The van der Waals surface area contributed by atoms with Crippen LogP contribution in [0.4, 0.5) is 0 Å². The Labute approximate surface area is 256 Å². The molecule has 0 spiro atoms. The van der Waals surface area contributed by atoms with E-state index in [0.29, 0.717) is 5.41 Å². The van der Waals surface area contributed by atoms with Crippen LogP contribution >= 0.6 is 7.37 Å². The van der Waals surface area contributed by atoms with E-state index in [1.807, 2.05) is 60.7 Å². The highest BCUT2D eigenvalue weighted by Gasteiger charge is 2.59. The molecule has 0 bridgehead atoms. The second-order valence-electron chi connectivity index (χ2n) is 15.5. The molecule has 42 heavy (non-hydrogen) atoms. The summed E-state index contributed by atoms with van der Waals surface area (Å²) in [6.45, 7) is 12.6. The molecular formula is C39H55O2P. The Morgan fingerprint density at radius 1 is 0.833 bits per heavy atom. The Bertz CT molecular complexity index is 1240. The second kappa shape index (κ2) is 12.0. The first kappa shape index (κ1) is 30.4. The van der Waals surface area contributed by atoms with Gasteiger partial charge in [0.15, 0.2) is 0 Å². The molecule has 4 aliphatic rings. The first-order chi connectivity index (χ1) is 20.1. The minimum absolute atomic E-state index is 0.00327. The maximum absolute atomic E-state index is 14.7. The molecule has 4 aliphatic carbocycles. The van der Waals surface area contributed by atoms with Crippen molar-refractivity contribution < 1.29 is 9.09 Å². The van der Waals surface area contributed by atoms with E-state index in [0.717, 1.165) is 65.4 Å². The van der Waals surface area contributed by atoms with E-state index in [9.17, 15) is 4.57 Å². The zero-order valence-electron chi connectivity index (χ0n) is 26.9. The lowest BCUT2D eigenvalue weighted by Gasteiger charge is -2.58. The molecule has 3 heteroatoms. The van der Waals surface area contributed by atoms with Crippen LogP contribution in [0.1, 0.15) is 105 Å². The van der Waals surface area contributed by atoms with Gasteiger partial charge in [-0.1, -0.05) is 102 Å². The first-order valence-electron chi connectivity index (χ1n) is 17.2. The highest BCUT2D eigenvalue weighted by atomic mass is 31.2. The maximum Gasteiger partial charge on any atom is 0.261 e. The summed E-state index contributed by atoms with van der Waals surface area (Å²) in [5.41, 5.74) is 2.40. The third-order valence-corrected chi connectivity index (χ3v) is 15.3. The van der Waals surface area contributed by atoms with Gasteiger partial charge in [-0.15, -0.1) is 0 Å². The van der Waals surface area contributed by atoms with Gasteiger partial charge in [0.25, 0.3) is 7.37 Å². The predicted molar refractivity (Wildman–Crippen MR) is 178 cm³/mol. The fourth-order valence-corrected chi connectivity index (χ4v) is 12.7. The smallest absolute Gasteiger partial charge is 0.261 e. The lowest BCUT2D eigenvalue weighted by molar-refractivity contribution is -0.0556. The number of benzene rings is 2. The average Bonchev–Trinajstić information content (AvgIpc) is 3.35. The van der Waals surface area contributed by atoms with Gasteiger partial charge >= 0.3 is 0 Å². The van der Waals surface area contributed by atoms with Crippen LogP contribution in [0.25, 0.3) is 0 Å². The summed E-state index contributed by atoms with van der Waals surface area (Å²) in [5.74, 6) is 5.10. The molecule has 0 unspecified atom stereocenters. The molecule has 6 rings (SSSR count). The quantitative estimate of drug-likeness (QED) is 0.216. The van der Waals surface area contributed by atoms with Gasteiger partial charge in [0, 0.05) is 10.6 Å². The lowest BCUT2D eigenvalue weighted by atomic mass is 9.47. The molecule has 2 nitrogen and oxygen atoms in total. The van der Waals surface area contributed by atoms with Crippen molar-refractivity contribution in [3.63, 3.8) is 0 Å². The van der Waals surface area contributed by atoms with Gasteiger partial charge in [-0.05, 0) is 122 Å². The van der Waals surface area contributed by atoms with Crippen LogP contribution in [0.15, 0.2) is 72.3 Å². The zero-order valence-corrected chi connectivity index (χ0v) is 27.8. The van der Waals surface area contributed by atoms with Crippen LogP contribution in [-0.4, -0.2) is 6.10 Å². The predicted octanol–water partition coefficient (Wildman–Crippen LogP) is 10.3. The van der Waals surface area contributed by atoms with Crippen molar-refractivity contribution in [3.8, 4) is 0 Å². The maximum atomic E-state index is 14.7. The van der Waals surface area contributed by atoms with Gasteiger partial charge in [0.05, 0.1) is 6.10 Å². The van der Waals surface area contributed by atoms with Crippen molar-refractivity contribution in [2.75, 3.05) is 0 Å². The van der Waals surface area contributed by atoms with Gasteiger partial charge < -0.3 is 4.52 Å². The van der Waals surface area contributed by atoms with E-state index < -0.39 is 7.37 Å². The molecule has 2 aromatic carbocycles. The van der Waals surface area contributed by atoms with Crippen molar-refractivity contribution >= 4 is 18.0 Å². The van der Waals surface area contributed by atoms with E-state index in [1.54, 1.807) is 5.57 Å². The molecule has 8 atom stereocenters. The van der Waals surface area contributed by atoms with Crippen LogP contribution in [0.3, 0.4) is 0 Å². The van der Waals surface area contributed by atoms with Gasteiger partial charge in [-0.3, -0.25) is 4.57 Å². The third kappa shape index (κ3) is 5.43. The zero-order chi connectivity index (χ0) is 29.5. The van der Waals surface area contributed by atoms with Crippen molar-refractivity contribution in [3.05, 3.63) is 72.3 Å². The Balaban J connectivity index is 1.18. The van der Waals surface area contributed by atoms with Gasteiger partial charge in [-0.2, -0.15) is 0 Å². The van der Waals surface area contributed by atoms with Crippen molar-refractivity contribution in [2.24, 2.45) is 46.3 Å². The van der Waals surface area contributed by atoms with E-state index in [1.165, 1.54) is 51.4 Å². The summed E-state index contributed by atoms with van der Waals surface area (Å²) >= 11 is 0. The number of hydrogen-bond donors (Lipinski definition) is 0. The summed E-state index contributed by atoms with van der Waals surface area (Å²) in [5, 5.41) is 1.62. The van der Waals surface area contributed by atoms with Gasteiger partial charge in [-0.25, -0.2) is 0 Å². The van der Waals surface area contributed by atoms with Gasteiger partial charge in [0.1, 0.15) is 0 Å². The monoisotopic (exact) mass is 586 g/mol. The van der Waals surface area contributed by atoms with Crippen LogP contribution < -0.4 is 10.6 Å². The number of allylic oxidation sites excluding steroid dienone is 1. The third-order valence-electron chi connectivity index (χ3n) is 12.7. The highest BCUT2D eigenvalue weighted by molar-refractivity contribution is 7.74. The van der Waals surface area contributed by atoms with E-state index >= 15 is 0 Å². The van der Waals surface area contributed by atoms with E-state index in [2.05, 4.69) is 40.7 Å². The van der Waals surface area contributed by atoms with Crippen molar-refractivity contribution in [2.45, 2.75) is 111 Å². The lowest BCUT2D eigenvalue weighted by Crippen LogP contribution is -2.51. The summed E-state index contributed by atoms with van der Waals surface area (Å²) in [6.07, 6.45) is 16.9. The minimum Gasteiger partial charge on any atom is -0.318 e. The average molecular weight is 587 g/mol. The molecular weight excluding hydrogens is 531 g/mol. The SMILES string of the molecule is CC(C)CCC[C@@H](C)[C@@H]1CC[C@@H]2[C@H]3CC=C4C[C@@H](OP(=O)(c5ccccc5)c5ccccc5)CC[C@]4(C)[C@@H]3CC[C@@]21C. The molecule has 0 aliphatic heterocycles. The molecule has 228 valence electrons. The van der Waals surface area contributed by atoms with Crippen LogP contribution in [0.5, 0.6) is 0 Å². The molecule has 0 amide bonds. The minimum atomic E-state index is -3.17. The Hall–Kier alpha value is -1.63. The van der Waals surface area contributed by atoms with Crippen LogP contribution in [0.2, 0.25) is 0 Å². The molecule has 0 saturated heterocycles. The molecule has 0 aromatic heterocycles. The highest BCUT2D eigenvalue weighted by Crippen LogP contribution is 2.67. The molecule has 0 heterocycles. The largest absolute Gasteiger partial charge is 0.318 e. The molecule has 3 saturated carbocycles. The molecule has 0 N–H and O–H groups in total. The summed E-state index contributed by atoms with van der Waals surface area (Å²) in [7, 11) is -3.17. The van der Waals surface area contributed by atoms with E-state index in [-0.39, 0.29) is 11.5 Å². The molecule has 0 radical (unpaired) electrons. The summed E-state index contributed by atoms with van der Waals surface area (Å²) in [4.78, 5) is 0. The number of rotatable bonds is 9. The fraction of sp³-hybridized carbons (Fsp3) is 0.641. The van der Waals surface area contributed by atoms with Crippen LogP contribution in [0, 0.1) is 46.3 Å². The normalized spacial score (nSPS) is 35.2. The number of hydrogen-bond acceptors (Lipinski definition) is 2. The Morgan fingerprint density at radius 3 is 2.14 bits per heavy atom. The second-order valence-corrected chi connectivity index (χ2v) is 17.8. The van der Waals surface area contributed by atoms with Crippen molar-refractivity contribution in [1.82, 2.24) is 0 Å². The van der Waals surface area contributed by atoms with Crippen LogP contribution in [-0.2, 0) is 9.09 Å². The first-order valence-corrected chi connectivity index (χ1v) is 18.9. The summed E-state index contributed by atoms with van der Waals surface area (Å²) in [6, 6.07) is 19.8. The Morgan fingerprint density at radius 2 is 1.50 bits per heavy atom. The van der Waals surface area contributed by atoms with Crippen molar-refractivity contribution in [1.29, 1.82) is 0 Å².